The molecule has 0 spiro atoms. The highest BCUT2D eigenvalue weighted by molar-refractivity contribution is 6.00. The lowest BCUT2D eigenvalue weighted by molar-refractivity contribution is 0.0994. The molecule has 1 N–H and O–H groups in total. The number of hydrogen-bond acceptors (Lipinski definition) is 3. The van der Waals surface area contributed by atoms with Gasteiger partial charge in [0.15, 0.2) is 5.78 Å². The predicted octanol–water partition coefficient (Wildman–Crippen LogP) is 3.07. The van der Waals surface area contributed by atoms with Crippen LogP contribution in [-0.4, -0.2) is 35.8 Å². The van der Waals surface area contributed by atoms with Crippen molar-refractivity contribution in [1.82, 2.24) is 9.88 Å². The van der Waals surface area contributed by atoms with Crippen molar-refractivity contribution in [1.29, 1.82) is 5.26 Å². The van der Waals surface area contributed by atoms with Crippen molar-refractivity contribution >= 4 is 16.7 Å². The first-order valence-corrected chi connectivity index (χ1v) is 7.39. The van der Waals surface area contributed by atoms with Crippen molar-refractivity contribution in [2.75, 3.05) is 20.1 Å². The van der Waals surface area contributed by atoms with E-state index in [1.807, 2.05) is 18.2 Å². The van der Waals surface area contributed by atoms with E-state index in [9.17, 15) is 4.79 Å². The number of Topliss-reactive ketones (excluding diaryl/α,β-unsaturated/α-hetero) is 1. The molecular weight excluding hydrogens is 262 g/mol. The SMILES string of the molecule is CN1CCC(c2ccc3[nH]c(C(=O)CC#N)cc3c2)CC1. The Bertz CT molecular complexity index is 702. The number of nitrogens with zero attached hydrogens (tertiary/aromatic N) is 2. The average molecular weight is 281 g/mol. The highest BCUT2D eigenvalue weighted by Gasteiger charge is 2.19. The number of likely N-dealkylation sites (tertiary alicyclic amines) is 1. The Hall–Kier alpha value is -2.12. The minimum atomic E-state index is -0.144. The van der Waals surface area contributed by atoms with Crippen LogP contribution >= 0.6 is 0 Å². The largest absolute Gasteiger partial charge is 0.352 e. The quantitative estimate of drug-likeness (QED) is 0.879. The Morgan fingerprint density at radius 2 is 2.14 bits per heavy atom. The van der Waals surface area contributed by atoms with Crippen molar-refractivity contribution in [2.45, 2.75) is 25.2 Å². The minimum absolute atomic E-state index is 0.0748. The first-order valence-electron chi connectivity index (χ1n) is 7.39. The van der Waals surface area contributed by atoms with Crippen LogP contribution in [0.15, 0.2) is 24.3 Å². The van der Waals surface area contributed by atoms with Crippen molar-refractivity contribution in [3.05, 3.63) is 35.5 Å². The molecule has 2 aromatic rings. The lowest BCUT2D eigenvalue weighted by Crippen LogP contribution is -2.29. The number of fused-ring (bicyclic) bond motifs is 1. The van der Waals surface area contributed by atoms with E-state index < -0.39 is 0 Å². The molecule has 1 aromatic heterocycles. The van der Waals surface area contributed by atoms with Crippen LogP contribution in [0.2, 0.25) is 0 Å². The lowest BCUT2D eigenvalue weighted by atomic mass is 9.89. The maximum absolute atomic E-state index is 11.8. The fourth-order valence-electron chi connectivity index (χ4n) is 3.06. The number of nitriles is 1. The highest BCUT2D eigenvalue weighted by atomic mass is 16.1. The average Bonchev–Trinajstić information content (AvgIpc) is 2.91. The van der Waals surface area contributed by atoms with Gasteiger partial charge in [-0.15, -0.1) is 0 Å². The van der Waals surface area contributed by atoms with E-state index in [0.717, 1.165) is 24.0 Å². The molecule has 2 heterocycles. The molecule has 4 nitrogen and oxygen atoms in total. The molecule has 1 fully saturated rings. The first-order chi connectivity index (χ1) is 10.2. The molecule has 0 amide bonds. The smallest absolute Gasteiger partial charge is 0.193 e. The lowest BCUT2D eigenvalue weighted by Gasteiger charge is -2.29. The molecule has 1 saturated heterocycles. The Labute approximate surface area is 124 Å². The fraction of sp³-hybridized carbons (Fsp3) is 0.412. The third kappa shape index (κ3) is 2.84. The highest BCUT2D eigenvalue weighted by Crippen LogP contribution is 2.30. The summed E-state index contributed by atoms with van der Waals surface area (Å²) in [7, 11) is 2.17. The Morgan fingerprint density at radius 3 is 2.86 bits per heavy atom. The summed E-state index contributed by atoms with van der Waals surface area (Å²) >= 11 is 0. The standard InChI is InChI=1S/C17H19N3O/c1-20-8-5-12(6-9-20)13-2-3-15-14(10-13)11-16(19-15)17(21)4-7-18/h2-3,10-12,19H,4-6,8-9H2,1H3. The summed E-state index contributed by atoms with van der Waals surface area (Å²) in [5.74, 6) is 0.466. The molecule has 4 heteroatoms. The second kappa shape index (κ2) is 5.71. The second-order valence-corrected chi connectivity index (χ2v) is 5.87. The van der Waals surface area contributed by atoms with E-state index >= 15 is 0 Å². The molecule has 108 valence electrons. The number of aromatic nitrogens is 1. The van der Waals surface area contributed by atoms with Gasteiger partial charge in [0.05, 0.1) is 11.8 Å². The van der Waals surface area contributed by atoms with Gasteiger partial charge < -0.3 is 9.88 Å². The molecule has 3 rings (SSSR count). The topological polar surface area (TPSA) is 59.9 Å². The number of carbonyl (C=O) groups is 1. The number of ketones is 1. The van der Waals surface area contributed by atoms with E-state index in [1.165, 1.54) is 18.4 Å². The monoisotopic (exact) mass is 281 g/mol. The molecule has 0 atom stereocenters. The van der Waals surface area contributed by atoms with Gasteiger partial charge >= 0.3 is 0 Å². The number of H-pyrrole nitrogens is 1. The number of nitrogens with one attached hydrogen (secondary N) is 1. The molecule has 1 aromatic carbocycles. The van der Waals surface area contributed by atoms with E-state index in [0.29, 0.717) is 11.6 Å². The van der Waals surface area contributed by atoms with Crippen LogP contribution in [0.1, 0.15) is 41.2 Å². The second-order valence-electron chi connectivity index (χ2n) is 5.87. The summed E-state index contributed by atoms with van der Waals surface area (Å²) in [6.07, 6.45) is 2.30. The third-order valence-electron chi connectivity index (χ3n) is 4.37. The number of rotatable bonds is 3. The van der Waals surface area contributed by atoms with Crippen LogP contribution in [-0.2, 0) is 0 Å². The fourth-order valence-corrected chi connectivity index (χ4v) is 3.06. The number of hydrogen-bond donors (Lipinski definition) is 1. The summed E-state index contributed by atoms with van der Waals surface area (Å²) in [4.78, 5) is 17.3. The maximum atomic E-state index is 11.8. The molecule has 21 heavy (non-hydrogen) atoms. The summed E-state index contributed by atoms with van der Waals surface area (Å²) in [6, 6.07) is 10.2. The molecule has 0 radical (unpaired) electrons. The van der Waals surface area contributed by atoms with E-state index in [-0.39, 0.29) is 12.2 Å². The zero-order valence-corrected chi connectivity index (χ0v) is 12.2. The normalized spacial score (nSPS) is 17.0. The van der Waals surface area contributed by atoms with E-state index in [1.54, 1.807) is 0 Å². The van der Waals surface area contributed by atoms with Crippen LogP contribution in [0.3, 0.4) is 0 Å². The number of piperidine rings is 1. The van der Waals surface area contributed by atoms with E-state index in [2.05, 4.69) is 29.1 Å². The Morgan fingerprint density at radius 1 is 1.38 bits per heavy atom. The zero-order chi connectivity index (χ0) is 14.8. The molecule has 0 unspecified atom stereocenters. The molecule has 0 bridgehead atoms. The summed E-state index contributed by atoms with van der Waals surface area (Å²) in [5.41, 5.74) is 2.86. The summed E-state index contributed by atoms with van der Waals surface area (Å²) < 4.78 is 0. The Kier molecular flexibility index (Phi) is 3.76. The van der Waals surface area contributed by atoms with Gasteiger partial charge in [-0.1, -0.05) is 6.07 Å². The van der Waals surface area contributed by atoms with Gasteiger partial charge in [0.1, 0.15) is 6.42 Å². The Balaban J connectivity index is 1.86. The van der Waals surface area contributed by atoms with Crippen LogP contribution < -0.4 is 0 Å². The van der Waals surface area contributed by atoms with Gasteiger partial charge in [0.25, 0.3) is 0 Å². The molecule has 1 aliphatic rings. The van der Waals surface area contributed by atoms with Crippen LogP contribution in [0, 0.1) is 11.3 Å². The number of aromatic amines is 1. The van der Waals surface area contributed by atoms with Crippen LogP contribution in [0.4, 0.5) is 0 Å². The summed E-state index contributed by atoms with van der Waals surface area (Å²) in [5, 5.41) is 9.68. The summed E-state index contributed by atoms with van der Waals surface area (Å²) in [6.45, 7) is 2.28. The van der Waals surface area contributed by atoms with Gasteiger partial charge in [0, 0.05) is 10.9 Å². The zero-order valence-electron chi connectivity index (χ0n) is 12.2. The molecule has 1 aliphatic heterocycles. The van der Waals surface area contributed by atoms with Crippen LogP contribution in [0.5, 0.6) is 0 Å². The molecule has 0 aliphatic carbocycles. The minimum Gasteiger partial charge on any atom is -0.352 e. The van der Waals surface area contributed by atoms with Gasteiger partial charge in [-0.05, 0) is 62.7 Å². The van der Waals surface area contributed by atoms with Gasteiger partial charge in [-0.3, -0.25) is 4.79 Å². The van der Waals surface area contributed by atoms with Gasteiger partial charge in [-0.2, -0.15) is 5.26 Å². The molecule has 0 saturated carbocycles. The predicted molar refractivity (Wildman–Crippen MR) is 82.3 cm³/mol. The number of carbonyl (C=O) groups excluding carboxylic acids is 1. The van der Waals surface area contributed by atoms with Crippen molar-refractivity contribution in [3.63, 3.8) is 0 Å². The van der Waals surface area contributed by atoms with E-state index in [4.69, 9.17) is 5.26 Å². The first kappa shape index (κ1) is 13.8. The number of benzene rings is 1. The maximum Gasteiger partial charge on any atom is 0.193 e. The van der Waals surface area contributed by atoms with Gasteiger partial charge in [0.2, 0.25) is 0 Å². The van der Waals surface area contributed by atoms with Crippen LogP contribution in [0.25, 0.3) is 10.9 Å². The van der Waals surface area contributed by atoms with Gasteiger partial charge in [-0.25, -0.2) is 0 Å². The van der Waals surface area contributed by atoms with Crippen molar-refractivity contribution in [2.24, 2.45) is 0 Å². The van der Waals surface area contributed by atoms with Crippen molar-refractivity contribution < 1.29 is 4.79 Å². The molecular formula is C17H19N3O. The third-order valence-corrected chi connectivity index (χ3v) is 4.37. The van der Waals surface area contributed by atoms with Crippen molar-refractivity contribution in [3.8, 4) is 6.07 Å².